The number of carboxylic acids is 1. The third kappa shape index (κ3) is 11.4. The van der Waals surface area contributed by atoms with Crippen LogP contribution in [0.3, 0.4) is 0 Å². The molecule has 0 bridgehead atoms. The maximum Gasteiger partial charge on any atom is 0.307 e. The van der Waals surface area contributed by atoms with Gasteiger partial charge in [0, 0.05) is 0 Å². The molecule has 0 unspecified atom stereocenters. The predicted octanol–water partition coefficient (Wildman–Crippen LogP) is 2.27. The van der Waals surface area contributed by atoms with Gasteiger partial charge in [-0.15, -0.1) is 0 Å². The molecule has 4 nitrogen and oxygen atoms in total. The van der Waals surface area contributed by atoms with Crippen LogP contribution in [-0.2, 0) is 4.79 Å². The van der Waals surface area contributed by atoms with E-state index in [9.17, 15) is 9.90 Å². The highest BCUT2D eigenvalue weighted by atomic mass is 16.4. The van der Waals surface area contributed by atoms with Crippen LogP contribution in [0.25, 0.3) is 0 Å². The van der Waals surface area contributed by atoms with Gasteiger partial charge in [-0.25, -0.2) is 0 Å². The van der Waals surface area contributed by atoms with E-state index in [4.69, 9.17) is 5.11 Å². The van der Waals surface area contributed by atoms with Gasteiger partial charge in [0.15, 0.2) is 0 Å². The average molecular weight is 267 g/mol. The number of piperidine rings is 1. The highest BCUT2D eigenvalue weighted by Crippen LogP contribution is 2.15. The van der Waals surface area contributed by atoms with E-state index in [0.717, 1.165) is 31.5 Å². The second kappa shape index (κ2) is 9.53. The summed E-state index contributed by atoms with van der Waals surface area (Å²) in [6.07, 6.45) is 8.82. The van der Waals surface area contributed by atoms with Gasteiger partial charge in [0.2, 0.25) is 0 Å². The van der Waals surface area contributed by atoms with Crippen molar-refractivity contribution in [2.24, 2.45) is 0 Å². The van der Waals surface area contributed by atoms with Crippen LogP contribution >= 0.6 is 0 Å². The maximum absolute atomic E-state index is 10.2. The fourth-order valence-corrected chi connectivity index (χ4v) is 1.56. The molecule has 108 valence electrons. The van der Waals surface area contributed by atoms with Crippen molar-refractivity contribution in [1.29, 1.82) is 0 Å². The summed E-state index contributed by atoms with van der Waals surface area (Å²) in [4.78, 5) is 10.2. The Morgan fingerprint density at radius 2 is 1.95 bits per heavy atom. The van der Waals surface area contributed by atoms with Crippen molar-refractivity contribution in [1.82, 2.24) is 5.32 Å². The lowest BCUT2D eigenvalue weighted by Crippen LogP contribution is -2.39. The lowest BCUT2D eigenvalue weighted by Gasteiger charge is -2.27. The molecule has 0 aromatic heterocycles. The Balaban J connectivity index is 0.000000356. The number of aliphatic hydroxyl groups is 1. The van der Waals surface area contributed by atoms with E-state index in [0.29, 0.717) is 0 Å². The maximum atomic E-state index is 10.2. The Morgan fingerprint density at radius 3 is 2.32 bits per heavy atom. The van der Waals surface area contributed by atoms with E-state index in [1.165, 1.54) is 0 Å². The first-order chi connectivity index (χ1) is 8.87. The van der Waals surface area contributed by atoms with Crippen LogP contribution in [0.5, 0.6) is 0 Å². The Morgan fingerprint density at radius 1 is 1.37 bits per heavy atom. The number of allylic oxidation sites excluding steroid dienone is 4. The van der Waals surface area contributed by atoms with Crippen molar-refractivity contribution in [3.63, 3.8) is 0 Å². The minimum Gasteiger partial charge on any atom is -0.481 e. The van der Waals surface area contributed by atoms with Gasteiger partial charge < -0.3 is 15.5 Å². The molecule has 0 aromatic rings. The molecule has 0 spiro atoms. The zero-order chi connectivity index (χ0) is 14.7. The zero-order valence-electron chi connectivity index (χ0n) is 11.9. The molecule has 1 saturated heterocycles. The Kier molecular flexibility index (Phi) is 8.83. The molecule has 0 aromatic carbocycles. The van der Waals surface area contributed by atoms with Crippen molar-refractivity contribution in [2.45, 2.75) is 38.7 Å². The van der Waals surface area contributed by atoms with Crippen LogP contribution in [0, 0.1) is 0 Å². The molecule has 0 radical (unpaired) electrons. The summed E-state index contributed by atoms with van der Waals surface area (Å²) in [5.74, 6) is -0.800. The van der Waals surface area contributed by atoms with E-state index in [2.05, 4.69) is 11.9 Å². The monoisotopic (exact) mass is 267 g/mol. The number of nitrogens with one attached hydrogen (secondary N) is 1. The summed E-state index contributed by atoms with van der Waals surface area (Å²) < 4.78 is 0. The minimum atomic E-state index is -0.800. The minimum absolute atomic E-state index is 0.0987. The van der Waals surface area contributed by atoms with Gasteiger partial charge in [0.05, 0.1) is 12.0 Å². The van der Waals surface area contributed by atoms with E-state index in [1.807, 2.05) is 6.92 Å². The molecule has 1 aliphatic heterocycles. The SMILES string of the molecule is C=C/C=C\C=C(/C)CC(=O)O.CC1(O)CCNCC1. The van der Waals surface area contributed by atoms with E-state index in [-0.39, 0.29) is 12.0 Å². The summed E-state index contributed by atoms with van der Waals surface area (Å²) in [6.45, 7) is 9.09. The lowest BCUT2D eigenvalue weighted by atomic mass is 9.95. The molecule has 1 rings (SSSR count). The highest BCUT2D eigenvalue weighted by molar-refractivity contribution is 5.69. The predicted molar refractivity (Wildman–Crippen MR) is 78.1 cm³/mol. The molecule has 1 fully saturated rings. The van der Waals surface area contributed by atoms with Gasteiger partial charge in [0.25, 0.3) is 0 Å². The first kappa shape index (κ1) is 17.6. The van der Waals surface area contributed by atoms with Crippen molar-refractivity contribution in [3.05, 3.63) is 36.5 Å². The number of carbonyl (C=O) groups is 1. The number of hydrogen-bond donors (Lipinski definition) is 3. The fourth-order valence-electron chi connectivity index (χ4n) is 1.56. The molecule has 4 heteroatoms. The molecule has 19 heavy (non-hydrogen) atoms. The summed E-state index contributed by atoms with van der Waals surface area (Å²) in [5, 5.41) is 20.9. The second-order valence-corrected chi connectivity index (χ2v) is 4.95. The van der Waals surface area contributed by atoms with E-state index < -0.39 is 5.97 Å². The number of carboxylic acid groups (broad SMARTS) is 1. The van der Waals surface area contributed by atoms with Gasteiger partial charge >= 0.3 is 5.97 Å². The van der Waals surface area contributed by atoms with Crippen LogP contribution in [-0.4, -0.2) is 34.9 Å². The van der Waals surface area contributed by atoms with Crippen molar-refractivity contribution in [2.75, 3.05) is 13.1 Å². The largest absolute Gasteiger partial charge is 0.481 e. The fraction of sp³-hybridized carbons (Fsp3) is 0.533. The van der Waals surface area contributed by atoms with Crippen molar-refractivity contribution < 1.29 is 15.0 Å². The topological polar surface area (TPSA) is 69.6 Å². The molecular weight excluding hydrogens is 242 g/mol. The first-order valence-corrected chi connectivity index (χ1v) is 6.47. The molecule has 0 atom stereocenters. The van der Waals surface area contributed by atoms with Crippen LogP contribution in [0.2, 0.25) is 0 Å². The average Bonchev–Trinajstić information content (AvgIpc) is 2.28. The summed E-state index contributed by atoms with van der Waals surface area (Å²) in [7, 11) is 0. The van der Waals surface area contributed by atoms with Crippen LogP contribution < -0.4 is 5.32 Å². The quantitative estimate of drug-likeness (QED) is 0.683. The standard InChI is InChI=1S/C9H12O2.C6H13NO/c1-3-4-5-6-8(2)7-9(10)11;1-6(8)2-4-7-5-3-6/h3-6H,1,7H2,2H3,(H,10,11);7-8H,2-5H2,1H3/b5-4-,8-6+;. The Hall–Kier alpha value is -1.39. The Bertz CT molecular complexity index is 335. The molecule has 0 amide bonds. The molecule has 1 aliphatic rings. The summed E-state index contributed by atoms with van der Waals surface area (Å²) in [5.41, 5.74) is 0.446. The third-order valence-electron chi connectivity index (χ3n) is 2.74. The van der Waals surface area contributed by atoms with Crippen LogP contribution in [0.4, 0.5) is 0 Å². The highest BCUT2D eigenvalue weighted by Gasteiger charge is 2.21. The van der Waals surface area contributed by atoms with Crippen molar-refractivity contribution >= 4 is 5.97 Å². The van der Waals surface area contributed by atoms with Gasteiger partial charge in [0.1, 0.15) is 0 Å². The number of hydrogen-bond acceptors (Lipinski definition) is 3. The molecule has 3 N–H and O–H groups in total. The van der Waals surface area contributed by atoms with Gasteiger partial charge in [-0.3, -0.25) is 4.79 Å². The van der Waals surface area contributed by atoms with Gasteiger partial charge in [-0.1, -0.05) is 36.5 Å². The second-order valence-electron chi connectivity index (χ2n) is 4.95. The Labute approximate surface area is 115 Å². The lowest BCUT2D eigenvalue weighted by molar-refractivity contribution is -0.136. The van der Waals surface area contributed by atoms with E-state index in [1.54, 1.807) is 31.2 Å². The summed E-state index contributed by atoms with van der Waals surface area (Å²) in [6, 6.07) is 0. The molecule has 0 saturated carbocycles. The third-order valence-corrected chi connectivity index (χ3v) is 2.74. The zero-order valence-corrected chi connectivity index (χ0v) is 11.9. The smallest absolute Gasteiger partial charge is 0.307 e. The number of aliphatic carboxylic acids is 1. The number of rotatable bonds is 4. The van der Waals surface area contributed by atoms with Gasteiger partial charge in [-0.2, -0.15) is 0 Å². The summed E-state index contributed by atoms with van der Waals surface area (Å²) >= 11 is 0. The normalized spacial score (nSPS) is 18.6. The van der Waals surface area contributed by atoms with E-state index >= 15 is 0 Å². The van der Waals surface area contributed by atoms with Crippen molar-refractivity contribution in [3.8, 4) is 0 Å². The first-order valence-electron chi connectivity index (χ1n) is 6.47. The van der Waals surface area contributed by atoms with Crippen LogP contribution in [0.1, 0.15) is 33.1 Å². The molecule has 0 aliphatic carbocycles. The molecule has 1 heterocycles. The van der Waals surface area contributed by atoms with Gasteiger partial charge in [-0.05, 0) is 39.8 Å². The molecular formula is C15H25NO3. The van der Waals surface area contributed by atoms with Crippen LogP contribution in [0.15, 0.2) is 36.5 Å².